The number of hydrogen-bond donors (Lipinski definition) is 2. The van der Waals surface area contributed by atoms with Gasteiger partial charge in [-0.3, -0.25) is 4.57 Å². The number of nitrogens with zero attached hydrogens (tertiary/aromatic N) is 2. The fourth-order valence-corrected chi connectivity index (χ4v) is 3.78. The molecule has 0 spiro atoms. The van der Waals surface area contributed by atoms with Crippen LogP contribution in [0.5, 0.6) is 0 Å². The number of benzene rings is 4. The van der Waals surface area contributed by atoms with Crippen LogP contribution in [0.2, 0.25) is 0 Å². The summed E-state index contributed by atoms with van der Waals surface area (Å²) in [5, 5.41) is 0. The van der Waals surface area contributed by atoms with E-state index in [0.29, 0.717) is 0 Å². The van der Waals surface area contributed by atoms with Crippen LogP contribution in [0.25, 0.3) is 39.6 Å². The smallest absolute Gasteiger partial charge is 0.145 e. The predicted molar refractivity (Wildman–Crippen MR) is 129 cm³/mol. The van der Waals surface area contributed by atoms with E-state index in [-0.39, 0.29) is 0 Å². The van der Waals surface area contributed by atoms with Crippen LogP contribution in [0, 0.1) is 0 Å². The Bertz CT molecular complexity index is 1300. The normalized spacial score (nSPS) is 10.8. The molecule has 0 aliphatic heterocycles. The molecular formula is C27H22N4. The fourth-order valence-electron chi connectivity index (χ4n) is 3.78. The number of anilines is 2. The predicted octanol–water partition coefficient (Wildman–Crippen LogP) is 6.04. The first kappa shape index (κ1) is 18.7. The van der Waals surface area contributed by atoms with Crippen molar-refractivity contribution in [3.05, 3.63) is 109 Å². The molecule has 5 rings (SSSR count). The summed E-state index contributed by atoms with van der Waals surface area (Å²) in [5.41, 5.74) is 19.5. The third-order valence-electron chi connectivity index (χ3n) is 5.29. The molecule has 1 heterocycles. The maximum Gasteiger partial charge on any atom is 0.145 e. The quantitative estimate of drug-likeness (QED) is 0.360. The molecule has 150 valence electrons. The van der Waals surface area contributed by atoms with Crippen molar-refractivity contribution in [2.75, 3.05) is 11.5 Å². The third kappa shape index (κ3) is 3.55. The molecule has 0 atom stereocenters. The van der Waals surface area contributed by atoms with E-state index in [9.17, 15) is 0 Å². The molecule has 0 bridgehead atoms. The second-order valence-electron chi connectivity index (χ2n) is 7.41. The van der Waals surface area contributed by atoms with Gasteiger partial charge in [0.25, 0.3) is 0 Å². The molecular weight excluding hydrogens is 380 g/mol. The van der Waals surface area contributed by atoms with Crippen LogP contribution in [-0.4, -0.2) is 9.55 Å². The molecule has 5 aromatic rings. The largest absolute Gasteiger partial charge is 0.399 e. The number of rotatable bonds is 4. The highest BCUT2D eigenvalue weighted by Crippen LogP contribution is 2.38. The summed E-state index contributed by atoms with van der Waals surface area (Å²) in [4.78, 5) is 5.15. The van der Waals surface area contributed by atoms with Gasteiger partial charge in [0, 0.05) is 33.8 Å². The van der Waals surface area contributed by atoms with Gasteiger partial charge in [0.15, 0.2) is 0 Å². The van der Waals surface area contributed by atoms with Gasteiger partial charge < -0.3 is 11.5 Å². The first-order valence-corrected chi connectivity index (χ1v) is 10.2. The van der Waals surface area contributed by atoms with E-state index in [0.717, 1.165) is 51.0 Å². The second-order valence-corrected chi connectivity index (χ2v) is 7.41. The summed E-state index contributed by atoms with van der Waals surface area (Å²) in [5.74, 6) is 0.850. The molecule has 31 heavy (non-hydrogen) atoms. The van der Waals surface area contributed by atoms with Crippen LogP contribution in [0.4, 0.5) is 11.4 Å². The average Bonchev–Trinajstić information content (AvgIpc) is 3.22. The van der Waals surface area contributed by atoms with E-state index in [2.05, 4.69) is 28.8 Å². The van der Waals surface area contributed by atoms with Crippen LogP contribution in [-0.2, 0) is 0 Å². The lowest BCUT2D eigenvalue weighted by Crippen LogP contribution is -2.01. The lowest BCUT2D eigenvalue weighted by Gasteiger charge is -2.14. The molecule has 0 aliphatic carbocycles. The summed E-state index contributed by atoms with van der Waals surface area (Å²) in [6.07, 6.45) is 0. The van der Waals surface area contributed by atoms with Crippen LogP contribution < -0.4 is 11.5 Å². The molecule has 0 saturated heterocycles. The first-order chi connectivity index (χ1) is 15.2. The molecule has 4 heteroatoms. The van der Waals surface area contributed by atoms with Crippen molar-refractivity contribution in [2.24, 2.45) is 0 Å². The Morgan fingerprint density at radius 3 is 1.61 bits per heavy atom. The van der Waals surface area contributed by atoms with Gasteiger partial charge in [0.05, 0.1) is 11.4 Å². The lowest BCUT2D eigenvalue weighted by atomic mass is 10.0. The third-order valence-corrected chi connectivity index (χ3v) is 5.29. The van der Waals surface area contributed by atoms with Crippen molar-refractivity contribution < 1.29 is 0 Å². The van der Waals surface area contributed by atoms with Crippen LogP contribution in [0.3, 0.4) is 0 Å². The van der Waals surface area contributed by atoms with E-state index in [1.54, 1.807) is 0 Å². The molecule has 0 amide bonds. The Kier molecular flexibility index (Phi) is 4.73. The molecule has 0 radical (unpaired) electrons. The maximum atomic E-state index is 5.98. The molecule has 0 saturated carbocycles. The Morgan fingerprint density at radius 2 is 1.03 bits per heavy atom. The number of hydrogen-bond acceptors (Lipinski definition) is 3. The van der Waals surface area contributed by atoms with E-state index >= 15 is 0 Å². The van der Waals surface area contributed by atoms with Gasteiger partial charge in [-0.05, 0) is 48.5 Å². The molecule has 0 aliphatic rings. The van der Waals surface area contributed by atoms with Crippen molar-refractivity contribution in [2.45, 2.75) is 0 Å². The molecule has 4 nitrogen and oxygen atoms in total. The summed E-state index contributed by atoms with van der Waals surface area (Å²) in [6.45, 7) is 0. The Labute approximate surface area is 181 Å². The molecule has 0 fully saturated rings. The highest BCUT2D eigenvalue weighted by Gasteiger charge is 2.22. The minimum absolute atomic E-state index is 0.723. The van der Waals surface area contributed by atoms with E-state index in [1.807, 2.05) is 84.9 Å². The van der Waals surface area contributed by atoms with E-state index < -0.39 is 0 Å². The molecule has 0 unspecified atom stereocenters. The standard InChI is InChI=1S/C27H22N4/c28-22-13-11-21(12-14-22)27-30-25(19-7-3-1-4-8-19)26(20-9-5-2-6-10-20)31(27)24-17-15-23(29)16-18-24/h1-18H,28-29H2. The zero-order valence-electron chi connectivity index (χ0n) is 16.9. The minimum atomic E-state index is 0.723. The topological polar surface area (TPSA) is 69.9 Å². The SMILES string of the molecule is Nc1ccc(-c2nc(-c3ccccc3)c(-c3ccccc3)n2-c2ccc(N)cc2)cc1. The van der Waals surface area contributed by atoms with Gasteiger partial charge in [-0.15, -0.1) is 0 Å². The van der Waals surface area contributed by atoms with Crippen molar-refractivity contribution >= 4 is 11.4 Å². The van der Waals surface area contributed by atoms with E-state index in [4.69, 9.17) is 16.5 Å². The van der Waals surface area contributed by atoms with Crippen molar-refractivity contribution in [1.82, 2.24) is 9.55 Å². The van der Waals surface area contributed by atoms with Crippen molar-refractivity contribution in [3.8, 4) is 39.6 Å². The van der Waals surface area contributed by atoms with Crippen LogP contribution >= 0.6 is 0 Å². The highest BCUT2D eigenvalue weighted by atomic mass is 15.1. The maximum absolute atomic E-state index is 5.98. The average molecular weight is 403 g/mol. The van der Waals surface area contributed by atoms with Crippen molar-refractivity contribution in [1.29, 1.82) is 0 Å². The summed E-state index contributed by atoms with van der Waals surface area (Å²) in [7, 11) is 0. The van der Waals surface area contributed by atoms with Crippen molar-refractivity contribution in [3.63, 3.8) is 0 Å². The molecule has 4 aromatic carbocycles. The number of aromatic nitrogens is 2. The van der Waals surface area contributed by atoms with Gasteiger partial charge >= 0.3 is 0 Å². The van der Waals surface area contributed by atoms with E-state index in [1.165, 1.54) is 0 Å². The number of nitrogen functional groups attached to an aromatic ring is 2. The summed E-state index contributed by atoms with van der Waals surface area (Å²) < 4.78 is 2.20. The second kappa shape index (κ2) is 7.84. The van der Waals surface area contributed by atoms with Gasteiger partial charge in [0.2, 0.25) is 0 Å². The number of nitrogens with two attached hydrogens (primary N) is 2. The van der Waals surface area contributed by atoms with Gasteiger partial charge in [-0.25, -0.2) is 4.98 Å². The monoisotopic (exact) mass is 402 g/mol. The minimum Gasteiger partial charge on any atom is -0.399 e. The van der Waals surface area contributed by atoms with Gasteiger partial charge in [-0.2, -0.15) is 0 Å². The zero-order valence-corrected chi connectivity index (χ0v) is 16.9. The first-order valence-electron chi connectivity index (χ1n) is 10.2. The number of imidazole rings is 1. The molecule has 4 N–H and O–H groups in total. The summed E-state index contributed by atoms with van der Waals surface area (Å²) >= 11 is 0. The molecule has 1 aromatic heterocycles. The highest BCUT2D eigenvalue weighted by molar-refractivity contribution is 5.84. The Hall–Kier alpha value is -4.31. The Morgan fingerprint density at radius 1 is 0.516 bits per heavy atom. The van der Waals surface area contributed by atoms with Crippen LogP contribution in [0.15, 0.2) is 109 Å². The van der Waals surface area contributed by atoms with Gasteiger partial charge in [-0.1, -0.05) is 60.7 Å². The zero-order chi connectivity index (χ0) is 21.2. The fraction of sp³-hybridized carbons (Fsp3) is 0. The lowest BCUT2D eigenvalue weighted by molar-refractivity contribution is 1.07. The summed E-state index contributed by atoms with van der Waals surface area (Å²) in [6, 6.07) is 36.3. The van der Waals surface area contributed by atoms with Gasteiger partial charge in [0.1, 0.15) is 5.82 Å². The Balaban J connectivity index is 1.87. The van der Waals surface area contributed by atoms with Crippen LogP contribution in [0.1, 0.15) is 0 Å².